The van der Waals surface area contributed by atoms with Crippen LogP contribution in [-0.4, -0.2) is 29.5 Å². The smallest absolute Gasteiger partial charge is 0.239 e. The summed E-state index contributed by atoms with van der Waals surface area (Å²) >= 11 is 0. The molecule has 0 amide bonds. The molecule has 0 unspecified atom stereocenters. The number of ether oxygens (including phenoxy) is 2. The van der Waals surface area contributed by atoms with Crippen molar-refractivity contribution in [2.45, 2.75) is 39.5 Å². The molecule has 0 spiro atoms. The van der Waals surface area contributed by atoms with E-state index in [9.17, 15) is 20.1 Å². The minimum Gasteiger partial charge on any atom is -0.507 e. The lowest BCUT2D eigenvalue weighted by atomic mass is 9.94. The number of aryl methyl sites for hydroxylation is 2. The van der Waals surface area contributed by atoms with Crippen LogP contribution in [0, 0.1) is 0 Å². The third kappa shape index (κ3) is 4.73. The first-order valence-electron chi connectivity index (χ1n) is 10.9. The summed E-state index contributed by atoms with van der Waals surface area (Å²) in [4.78, 5) is 13.3. The molecule has 3 rings (SSSR count). The average molecular weight is 467 g/mol. The topological polar surface area (TPSA) is 109 Å². The van der Waals surface area contributed by atoms with Crippen molar-refractivity contribution in [2.75, 3.05) is 14.2 Å². The van der Waals surface area contributed by atoms with Crippen LogP contribution in [-0.2, 0) is 12.8 Å². The third-order valence-electron chi connectivity index (χ3n) is 5.63. The van der Waals surface area contributed by atoms with Crippen LogP contribution in [0.4, 0.5) is 0 Å². The van der Waals surface area contributed by atoms with E-state index in [0.717, 1.165) is 11.1 Å². The molecule has 0 aliphatic heterocycles. The summed E-state index contributed by atoms with van der Waals surface area (Å²) in [5.41, 5.74) is 3.19. The maximum Gasteiger partial charge on any atom is 0.239 e. The first-order chi connectivity index (χ1) is 16.1. The highest BCUT2D eigenvalue weighted by atomic mass is 16.5. The van der Waals surface area contributed by atoms with Crippen molar-refractivity contribution in [2.24, 2.45) is 0 Å². The second-order valence-corrected chi connectivity index (χ2v) is 8.50. The second kappa shape index (κ2) is 9.95. The van der Waals surface area contributed by atoms with Crippen molar-refractivity contribution in [1.29, 1.82) is 0 Å². The zero-order valence-corrected chi connectivity index (χ0v) is 19.9. The predicted molar refractivity (Wildman–Crippen MR) is 132 cm³/mol. The van der Waals surface area contributed by atoms with Crippen molar-refractivity contribution in [1.82, 2.24) is 0 Å². The van der Waals surface area contributed by atoms with E-state index in [0.29, 0.717) is 42.4 Å². The van der Waals surface area contributed by atoms with Crippen LogP contribution in [0.5, 0.6) is 28.7 Å². The summed E-state index contributed by atoms with van der Waals surface area (Å²) < 4.78 is 16.4. The van der Waals surface area contributed by atoms with Gasteiger partial charge < -0.3 is 29.2 Å². The predicted octanol–water partition coefficient (Wildman–Crippen LogP) is 5.61. The van der Waals surface area contributed by atoms with Crippen LogP contribution in [0.15, 0.2) is 51.7 Å². The van der Waals surface area contributed by atoms with E-state index in [1.54, 1.807) is 12.1 Å². The van der Waals surface area contributed by atoms with Crippen molar-refractivity contribution in [3.05, 3.63) is 63.9 Å². The van der Waals surface area contributed by atoms with E-state index >= 15 is 0 Å². The van der Waals surface area contributed by atoms with Gasteiger partial charge in [-0.1, -0.05) is 11.1 Å². The molecule has 0 fully saturated rings. The fourth-order valence-corrected chi connectivity index (χ4v) is 3.83. The first-order valence-corrected chi connectivity index (χ1v) is 10.9. The Morgan fingerprint density at radius 1 is 0.882 bits per heavy atom. The Balaban J connectivity index is 2.31. The molecule has 1 aromatic heterocycles. The van der Waals surface area contributed by atoms with Crippen LogP contribution < -0.4 is 14.9 Å². The Kier molecular flexibility index (Phi) is 7.25. The molecule has 180 valence electrons. The molecule has 7 heteroatoms. The lowest BCUT2D eigenvalue weighted by Gasteiger charge is -2.16. The minimum absolute atomic E-state index is 0.0309. The summed E-state index contributed by atoms with van der Waals surface area (Å²) in [6.45, 7) is 11.7. The van der Waals surface area contributed by atoms with Gasteiger partial charge in [0, 0.05) is 11.6 Å². The summed E-state index contributed by atoms with van der Waals surface area (Å²) in [7, 11) is 2.60. The molecule has 34 heavy (non-hydrogen) atoms. The number of hydrogen-bond donors (Lipinski definition) is 3. The number of phenolic OH excluding ortho intramolecular Hbond substituents is 3. The van der Waals surface area contributed by atoms with Gasteiger partial charge in [-0.2, -0.15) is 0 Å². The maximum absolute atomic E-state index is 13.3. The molecular weight excluding hydrogens is 436 g/mol. The van der Waals surface area contributed by atoms with Gasteiger partial charge in [-0.3, -0.25) is 4.79 Å². The number of rotatable bonds is 9. The van der Waals surface area contributed by atoms with Gasteiger partial charge in [0.05, 0.1) is 14.2 Å². The zero-order valence-electron chi connectivity index (χ0n) is 19.9. The van der Waals surface area contributed by atoms with E-state index in [2.05, 4.69) is 13.2 Å². The molecule has 0 saturated heterocycles. The Morgan fingerprint density at radius 2 is 1.41 bits per heavy atom. The van der Waals surface area contributed by atoms with Crippen molar-refractivity contribution < 1.29 is 29.2 Å². The number of phenols is 3. The fraction of sp³-hybridized carbons (Fsp3) is 0.296. The molecule has 3 N–H and O–H groups in total. The Labute approximate surface area is 198 Å². The van der Waals surface area contributed by atoms with Gasteiger partial charge >= 0.3 is 0 Å². The number of benzene rings is 2. The third-order valence-corrected chi connectivity index (χ3v) is 5.63. The molecule has 2 aromatic carbocycles. The Hall–Kier alpha value is -3.87. The molecule has 0 aliphatic rings. The van der Waals surface area contributed by atoms with Crippen LogP contribution in [0.1, 0.15) is 37.8 Å². The maximum atomic E-state index is 13.3. The Bertz CT molecular complexity index is 1290. The van der Waals surface area contributed by atoms with Gasteiger partial charge in [0.2, 0.25) is 16.9 Å². The number of methoxy groups -OCH3 is 2. The monoisotopic (exact) mass is 466 g/mol. The fourth-order valence-electron chi connectivity index (χ4n) is 3.83. The highest BCUT2D eigenvalue weighted by Gasteiger charge is 2.24. The summed E-state index contributed by atoms with van der Waals surface area (Å²) in [6.07, 6.45) is 2.45. The Morgan fingerprint density at radius 3 is 1.88 bits per heavy atom. The van der Waals surface area contributed by atoms with E-state index in [-0.39, 0.29) is 39.7 Å². The zero-order chi connectivity index (χ0) is 25.2. The summed E-state index contributed by atoms with van der Waals surface area (Å²) in [6, 6.07) is 4.71. The lowest BCUT2D eigenvalue weighted by molar-refractivity contribution is 0.345. The molecule has 0 radical (unpaired) electrons. The van der Waals surface area contributed by atoms with Crippen LogP contribution in [0.2, 0.25) is 0 Å². The van der Waals surface area contributed by atoms with Crippen LogP contribution in [0.25, 0.3) is 22.3 Å². The molecule has 0 atom stereocenters. The first kappa shape index (κ1) is 24.8. The highest BCUT2D eigenvalue weighted by molar-refractivity contribution is 5.91. The molecular formula is C27H30O7. The molecule has 0 bridgehead atoms. The molecule has 7 nitrogen and oxygen atoms in total. The molecule has 0 saturated carbocycles. The summed E-state index contributed by atoms with van der Waals surface area (Å²) in [5, 5.41) is 31.5. The SMILES string of the molecule is C=C(C)CCc1cc(-c2oc3cc(O)c(OC)c(O)c3c(=O)c2OC)cc(CCC(=C)C)c1O. The molecule has 1 heterocycles. The van der Waals surface area contributed by atoms with Gasteiger partial charge in [-0.25, -0.2) is 0 Å². The number of hydrogen-bond acceptors (Lipinski definition) is 7. The second-order valence-electron chi connectivity index (χ2n) is 8.50. The van der Waals surface area contributed by atoms with E-state index in [1.165, 1.54) is 20.3 Å². The molecule has 3 aromatic rings. The number of aromatic hydroxyl groups is 3. The van der Waals surface area contributed by atoms with E-state index in [4.69, 9.17) is 13.9 Å². The lowest BCUT2D eigenvalue weighted by Crippen LogP contribution is -2.08. The van der Waals surface area contributed by atoms with Crippen LogP contribution in [0.3, 0.4) is 0 Å². The average Bonchev–Trinajstić information content (AvgIpc) is 2.77. The van der Waals surface area contributed by atoms with Crippen LogP contribution >= 0.6 is 0 Å². The van der Waals surface area contributed by atoms with E-state index in [1.807, 2.05) is 13.8 Å². The standard InChI is InChI=1S/C27H30O7/c1-14(2)7-9-16-11-18(12-17(22(16)29)10-8-15(3)4)25-27(33-6)24(31)21-20(34-25)13-19(28)26(32-5)23(21)30/h11-13,28-30H,1,3,7-10H2,2,4-6H3. The van der Waals surface area contributed by atoms with Crippen molar-refractivity contribution in [3.8, 4) is 40.1 Å². The quantitative estimate of drug-likeness (QED) is 0.352. The van der Waals surface area contributed by atoms with Crippen molar-refractivity contribution >= 4 is 11.0 Å². The van der Waals surface area contributed by atoms with Gasteiger partial charge in [-0.05, 0) is 62.8 Å². The highest BCUT2D eigenvalue weighted by Crippen LogP contribution is 2.44. The number of allylic oxidation sites excluding steroid dienone is 2. The summed E-state index contributed by atoms with van der Waals surface area (Å²) in [5.74, 6) is -0.945. The van der Waals surface area contributed by atoms with Gasteiger partial charge in [0.25, 0.3) is 0 Å². The largest absolute Gasteiger partial charge is 0.507 e. The van der Waals surface area contributed by atoms with Crippen molar-refractivity contribution in [3.63, 3.8) is 0 Å². The van der Waals surface area contributed by atoms with Gasteiger partial charge in [-0.15, -0.1) is 13.2 Å². The number of fused-ring (bicyclic) bond motifs is 1. The van der Waals surface area contributed by atoms with Gasteiger partial charge in [0.1, 0.15) is 16.7 Å². The minimum atomic E-state index is -0.616. The normalized spacial score (nSPS) is 10.9. The van der Waals surface area contributed by atoms with E-state index < -0.39 is 11.2 Å². The molecule has 0 aliphatic carbocycles. The van der Waals surface area contributed by atoms with Gasteiger partial charge in [0.15, 0.2) is 17.3 Å².